The lowest BCUT2D eigenvalue weighted by Gasteiger charge is -2.36. The molecule has 3 N–H and O–H groups in total. The van der Waals surface area contributed by atoms with Crippen molar-refractivity contribution in [2.24, 2.45) is 5.84 Å². The minimum absolute atomic E-state index is 0.0107. The van der Waals surface area contributed by atoms with Gasteiger partial charge in [-0.15, -0.1) is 0 Å². The molecule has 0 aromatic carbocycles. The Labute approximate surface area is 114 Å². The third-order valence-electron chi connectivity index (χ3n) is 3.68. The number of hydrogen-bond donors (Lipinski definition) is 2. The summed E-state index contributed by atoms with van der Waals surface area (Å²) in [5.41, 5.74) is 4.01. The summed E-state index contributed by atoms with van der Waals surface area (Å²) in [4.78, 5) is 2.39. The van der Waals surface area contributed by atoms with E-state index in [-0.39, 0.29) is 12.1 Å². The van der Waals surface area contributed by atoms with Gasteiger partial charge >= 0.3 is 0 Å². The number of hydrogen-bond acceptors (Lipinski definition) is 5. The molecule has 19 heavy (non-hydrogen) atoms. The Morgan fingerprint density at radius 2 is 2.42 bits per heavy atom. The molecule has 0 aliphatic carbocycles. The number of likely N-dealkylation sites (N-methyl/N-ethyl adjacent to an activating group) is 1. The van der Waals surface area contributed by atoms with Gasteiger partial charge < -0.3 is 4.74 Å². The number of morpholine rings is 1. The molecule has 0 amide bonds. The van der Waals surface area contributed by atoms with Crippen LogP contribution in [0.5, 0.6) is 0 Å². The smallest absolute Gasteiger partial charge is 0.0925 e. The molecule has 0 saturated carbocycles. The topological polar surface area (TPSA) is 68.3 Å². The number of nitrogens with zero attached hydrogens (tertiary/aromatic N) is 3. The van der Waals surface area contributed by atoms with Crippen molar-refractivity contribution in [1.29, 1.82) is 0 Å². The molecule has 2 unspecified atom stereocenters. The van der Waals surface area contributed by atoms with E-state index >= 15 is 0 Å². The first-order valence-electron chi connectivity index (χ1n) is 7.11. The highest BCUT2D eigenvalue weighted by atomic mass is 16.5. The summed E-state index contributed by atoms with van der Waals surface area (Å²) in [6, 6.07) is 2.01. The third-order valence-corrected chi connectivity index (χ3v) is 3.68. The zero-order valence-corrected chi connectivity index (χ0v) is 11.9. The Hall–Kier alpha value is -0.950. The van der Waals surface area contributed by atoms with Gasteiger partial charge in [0.25, 0.3) is 0 Å². The Kier molecular flexibility index (Phi) is 5.33. The van der Waals surface area contributed by atoms with E-state index in [2.05, 4.69) is 29.3 Å². The van der Waals surface area contributed by atoms with Crippen molar-refractivity contribution < 1.29 is 4.74 Å². The number of ether oxygens (including phenoxy) is 1. The number of hydrazine groups is 1. The summed E-state index contributed by atoms with van der Waals surface area (Å²) < 4.78 is 7.91. The minimum atomic E-state index is -0.0107. The van der Waals surface area contributed by atoms with E-state index in [0.717, 1.165) is 44.9 Å². The van der Waals surface area contributed by atoms with Gasteiger partial charge in [0, 0.05) is 25.8 Å². The Morgan fingerprint density at radius 1 is 1.58 bits per heavy atom. The van der Waals surface area contributed by atoms with Crippen LogP contribution in [0.25, 0.3) is 0 Å². The molecule has 2 atom stereocenters. The largest absolute Gasteiger partial charge is 0.373 e. The number of aryl methyl sites for hydroxylation is 1. The van der Waals surface area contributed by atoms with Gasteiger partial charge in [-0.1, -0.05) is 13.8 Å². The highest BCUT2D eigenvalue weighted by molar-refractivity contribution is 5.09. The number of nitrogens with one attached hydrogen (secondary N) is 1. The van der Waals surface area contributed by atoms with Crippen molar-refractivity contribution in [2.45, 2.75) is 39.0 Å². The normalized spacial score (nSPS) is 22.6. The molecular formula is C13H25N5O. The van der Waals surface area contributed by atoms with Gasteiger partial charge in [0.15, 0.2) is 0 Å². The van der Waals surface area contributed by atoms with Crippen LogP contribution in [0.1, 0.15) is 32.0 Å². The third kappa shape index (κ3) is 3.33. The number of rotatable bonds is 6. The summed E-state index contributed by atoms with van der Waals surface area (Å²) in [6.45, 7) is 8.94. The maximum absolute atomic E-state index is 5.89. The van der Waals surface area contributed by atoms with Gasteiger partial charge in [-0.3, -0.25) is 15.4 Å². The molecule has 0 spiro atoms. The van der Waals surface area contributed by atoms with Gasteiger partial charge in [0.1, 0.15) is 0 Å². The average Bonchev–Trinajstić information content (AvgIpc) is 2.89. The van der Waals surface area contributed by atoms with Crippen LogP contribution in [0.3, 0.4) is 0 Å². The van der Waals surface area contributed by atoms with Crippen LogP contribution in [-0.4, -0.2) is 47.0 Å². The molecule has 108 valence electrons. The summed E-state index contributed by atoms with van der Waals surface area (Å²) in [7, 11) is 0. The summed E-state index contributed by atoms with van der Waals surface area (Å²) >= 11 is 0. The molecule has 1 aliphatic rings. The molecule has 6 heteroatoms. The average molecular weight is 267 g/mol. The molecule has 1 aromatic heterocycles. The minimum Gasteiger partial charge on any atom is -0.373 e. The van der Waals surface area contributed by atoms with E-state index in [4.69, 9.17) is 10.6 Å². The van der Waals surface area contributed by atoms with E-state index in [0.29, 0.717) is 0 Å². The standard InChI is InChI=1S/C13H25N5O/c1-3-7-18-11(5-6-15-18)13(16-14)12-10-17(4-2)8-9-19-12/h5-6,12-13,16H,3-4,7-10,14H2,1-2H3. The molecular weight excluding hydrogens is 242 g/mol. The van der Waals surface area contributed by atoms with Crippen molar-refractivity contribution in [3.05, 3.63) is 18.0 Å². The van der Waals surface area contributed by atoms with Crippen molar-refractivity contribution in [1.82, 2.24) is 20.1 Å². The van der Waals surface area contributed by atoms with E-state index in [1.165, 1.54) is 0 Å². The Bertz CT molecular complexity index is 381. The Balaban J connectivity index is 2.12. The zero-order valence-electron chi connectivity index (χ0n) is 11.9. The molecule has 1 aromatic rings. The highest BCUT2D eigenvalue weighted by Gasteiger charge is 2.30. The first-order chi connectivity index (χ1) is 9.30. The summed E-state index contributed by atoms with van der Waals surface area (Å²) in [5.74, 6) is 5.76. The van der Waals surface area contributed by atoms with Crippen LogP contribution in [0, 0.1) is 0 Å². The molecule has 1 fully saturated rings. The van der Waals surface area contributed by atoms with Crippen LogP contribution in [0.15, 0.2) is 12.3 Å². The van der Waals surface area contributed by atoms with Crippen molar-refractivity contribution in [2.75, 3.05) is 26.2 Å². The number of aromatic nitrogens is 2. The maximum atomic E-state index is 5.89. The first kappa shape index (κ1) is 14.5. The van der Waals surface area contributed by atoms with Gasteiger partial charge in [0.05, 0.1) is 24.4 Å². The maximum Gasteiger partial charge on any atom is 0.0925 e. The van der Waals surface area contributed by atoms with Gasteiger partial charge in [-0.2, -0.15) is 5.10 Å². The van der Waals surface area contributed by atoms with Crippen molar-refractivity contribution in [3.63, 3.8) is 0 Å². The fraction of sp³-hybridized carbons (Fsp3) is 0.769. The number of nitrogens with two attached hydrogens (primary N) is 1. The Morgan fingerprint density at radius 3 is 3.11 bits per heavy atom. The summed E-state index contributed by atoms with van der Waals surface area (Å²) in [5, 5.41) is 4.36. The van der Waals surface area contributed by atoms with Crippen LogP contribution < -0.4 is 11.3 Å². The fourth-order valence-electron chi connectivity index (χ4n) is 2.61. The second kappa shape index (κ2) is 7.00. The van der Waals surface area contributed by atoms with Crippen molar-refractivity contribution >= 4 is 0 Å². The highest BCUT2D eigenvalue weighted by Crippen LogP contribution is 2.21. The van der Waals surface area contributed by atoms with Gasteiger partial charge in [-0.25, -0.2) is 5.43 Å². The second-order valence-electron chi connectivity index (χ2n) is 4.93. The lowest BCUT2D eigenvalue weighted by molar-refractivity contribution is -0.0470. The van der Waals surface area contributed by atoms with Crippen LogP contribution in [-0.2, 0) is 11.3 Å². The molecule has 2 heterocycles. The lowest BCUT2D eigenvalue weighted by atomic mass is 10.1. The predicted molar refractivity (Wildman–Crippen MR) is 74.4 cm³/mol. The molecule has 0 radical (unpaired) electrons. The molecule has 6 nitrogen and oxygen atoms in total. The quantitative estimate of drug-likeness (QED) is 0.581. The monoisotopic (exact) mass is 267 g/mol. The van der Waals surface area contributed by atoms with E-state index < -0.39 is 0 Å². The van der Waals surface area contributed by atoms with E-state index in [9.17, 15) is 0 Å². The van der Waals surface area contributed by atoms with Crippen LogP contribution in [0.4, 0.5) is 0 Å². The lowest BCUT2D eigenvalue weighted by Crippen LogP contribution is -2.50. The molecule has 0 bridgehead atoms. The van der Waals surface area contributed by atoms with Crippen LogP contribution in [0.2, 0.25) is 0 Å². The van der Waals surface area contributed by atoms with E-state index in [1.54, 1.807) is 0 Å². The second-order valence-corrected chi connectivity index (χ2v) is 4.93. The first-order valence-corrected chi connectivity index (χ1v) is 7.11. The zero-order chi connectivity index (χ0) is 13.7. The van der Waals surface area contributed by atoms with Gasteiger partial charge in [-0.05, 0) is 19.0 Å². The SMILES string of the molecule is CCCn1nccc1C(NN)C1CN(CC)CCO1. The van der Waals surface area contributed by atoms with Gasteiger partial charge in [0.2, 0.25) is 0 Å². The predicted octanol–water partition coefficient (Wildman–Crippen LogP) is 0.518. The molecule has 1 saturated heterocycles. The molecule has 1 aliphatic heterocycles. The molecule has 2 rings (SSSR count). The summed E-state index contributed by atoms with van der Waals surface area (Å²) in [6.07, 6.45) is 2.96. The van der Waals surface area contributed by atoms with Crippen LogP contribution >= 0.6 is 0 Å². The van der Waals surface area contributed by atoms with Crippen molar-refractivity contribution in [3.8, 4) is 0 Å². The fourth-order valence-corrected chi connectivity index (χ4v) is 2.61. The van der Waals surface area contributed by atoms with E-state index in [1.807, 2.05) is 16.9 Å².